The molecule has 0 aromatic carbocycles. The van der Waals surface area contributed by atoms with Crippen LogP contribution in [0, 0.1) is 0 Å². The van der Waals surface area contributed by atoms with E-state index >= 15 is 0 Å². The molecule has 1 N–H and O–H groups in total. The Morgan fingerprint density at radius 1 is 1.47 bits per heavy atom. The molecule has 0 spiro atoms. The Balaban J connectivity index is 2.20. The summed E-state index contributed by atoms with van der Waals surface area (Å²) in [7, 11) is 1.98. The zero-order valence-corrected chi connectivity index (χ0v) is 11.4. The van der Waals surface area contributed by atoms with Crippen molar-refractivity contribution in [1.29, 1.82) is 0 Å². The molecule has 1 fully saturated rings. The van der Waals surface area contributed by atoms with Crippen LogP contribution >= 0.6 is 0 Å². The zero-order chi connectivity index (χ0) is 12.5. The summed E-state index contributed by atoms with van der Waals surface area (Å²) < 4.78 is 1.88. The second-order valence-electron chi connectivity index (χ2n) is 5.22. The third kappa shape index (κ3) is 2.32. The predicted octanol–water partition coefficient (Wildman–Crippen LogP) is 1.78. The molecule has 1 aromatic rings. The van der Waals surface area contributed by atoms with Gasteiger partial charge < -0.3 is 10.2 Å². The molecule has 0 aliphatic carbocycles. The van der Waals surface area contributed by atoms with Crippen molar-refractivity contribution < 1.29 is 0 Å². The Morgan fingerprint density at radius 3 is 2.71 bits per heavy atom. The molecule has 1 aromatic heterocycles. The van der Waals surface area contributed by atoms with Crippen molar-refractivity contribution in [2.24, 2.45) is 7.05 Å². The van der Waals surface area contributed by atoms with Crippen LogP contribution in [0.1, 0.15) is 33.6 Å². The topological polar surface area (TPSA) is 33.1 Å². The molecule has 17 heavy (non-hydrogen) atoms. The van der Waals surface area contributed by atoms with Gasteiger partial charge in [-0.1, -0.05) is 13.8 Å². The highest BCUT2D eigenvalue weighted by molar-refractivity contribution is 5.45. The number of rotatable bonds is 3. The molecule has 0 bridgehead atoms. The van der Waals surface area contributed by atoms with E-state index in [9.17, 15) is 0 Å². The minimum Gasteiger partial charge on any atom is -0.363 e. The van der Waals surface area contributed by atoms with Crippen LogP contribution in [-0.4, -0.2) is 34.5 Å². The maximum Gasteiger partial charge on any atom is 0.0755 e. The van der Waals surface area contributed by atoms with E-state index in [0.29, 0.717) is 6.04 Å². The van der Waals surface area contributed by atoms with E-state index in [1.165, 1.54) is 18.5 Å². The normalized spacial score (nSPS) is 24.0. The molecule has 0 saturated carbocycles. The van der Waals surface area contributed by atoms with E-state index in [-0.39, 0.29) is 5.54 Å². The lowest BCUT2D eigenvalue weighted by Gasteiger charge is -2.47. The molecular weight excluding hydrogens is 212 g/mol. The lowest BCUT2D eigenvalue weighted by Crippen LogP contribution is -2.63. The van der Waals surface area contributed by atoms with Crippen LogP contribution in [0.15, 0.2) is 12.4 Å². The molecule has 96 valence electrons. The highest BCUT2D eigenvalue weighted by atomic mass is 15.3. The zero-order valence-electron chi connectivity index (χ0n) is 11.4. The number of aromatic nitrogens is 2. The van der Waals surface area contributed by atoms with Gasteiger partial charge in [0.05, 0.1) is 11.9 Å². The molecule has 4 nitrogen and oxygen atoms in total. The fourth-order valence-corrected chi connectivity index (χ4v) is 2.64. The number of nitrogens with one attached hydrogen (secondary N) is 1. The van der Waals surface area contributed by atoms with Crippen molar-refractivity contribution in [2.45, 2.75) is 45.2 Å². The molecule has 1 atom stereocenters. The largest absolute Gasteiger partial charge is 0.363 e. The summed E-state index contributed by atoms with van der Waals surface area (Å²) >= 11 is 0. The SMILES string of the molecule is CCC1(CC)CN(c2cnn(C)c2)C(C)CN1. The maximum atomic E-state index is 4.28. The molecule has 1 saturated heterocycles. The number of nitrogens with zero attached hydrogens (tertiary/aromatic N) is 3. The van der Waals surface area contributed by atoms with Crippen molar-refractivity contribution in [3.05, 3.63) is 12.4 Å². The van der Waals surface area contributed by atoms with Gasteiger partial charge in [-0.05, 0) is 19.8 Å². The molecule has 0 radical (unpaired) electrons. The van der Waals surface area contributed by atoms with Crippen LogP contribution in [-0.2, 0) is 7.05 Å². The summed E-state index contributed by atoms with van der Waals surface area (Å²) in [5, 5.41) is 8.00. The summed E-state index contributed by atoms with van der Waals surface area (Å²) in [6, 6.07) is 0.533. The van der Waals surface area contributed by atoms with E-state index in [4.69, 9.17) is 0 Å². The van der Waals surface area contributed by atoms with Crippen LogP contribution in [0.25, 0.3) is 0 Å². The van der Waals surface area contributed by atoms with Crippen LogP contribution in [0.5, 0.6) is 0 Å². The number of hydrogen-bond donors (Lipinski definition) is 1. The van der Waals surface area contributed by atoms with Crippen molar-refractivity contribution in [1.82, 2.24) is 15.1 Å². The van der Waals surface area contributed by atoms with Gasteiger partial charge in [-0.25, -0.2) is 0 Å². The lowest BCUT2D eigenvalue weighted by molar-refractivity contribution is 0.254. The van der Waals surface area contributed by atoms with Crippen LogP contribution in [0.3, 0.4) is 0 Å². The van der Waals surface area contributed by atoms with E-state index in [0.717, 1.165) is 13.1 Å². The van der Waals surface area contributed by atoms with Gasteiger partial charge in [-0.3, -0.25) is 4.68 Å². The minimum atomic E-state index is 0.266. The first-order valence-electron chi connectivity index (χ1n) is 6.60. The van der Waals surface area contributed by atoms with Gasteiger partial charge in [0.2, 0.25) is 0 Å². The second-order valence-corrected chi connectivity index (χ2v) is 5.22. The quantitative estimate of drug-likeness (QED) is 0.868. The summed E-state index contributed by atoms with van der Waals surface area (Å²) in [6.45, 7) is 8.94. The fourth-order valence-electron chi connectivity index (χ4n) is 2.64. The minimum absolute atomic E-state index is 0.266. The van der Waals surface area contributed by atoms with Crippen LogP contribution < -0.4 is 10.2 Å². The fraction of sp³-hybridized carbons (Fsp3) is 0.769. The molecule has 1 aliphatic rings. The first-order valence-corrected chi connectivity index (χ1v) is 6.60. The molecular formula is C13H24N4. The Kier molecular flexibility index (Phi) is 3.43. The van der Waals surface area contributed by atoms with E-state index < -0.39 is 0 Å². The van der Waals surface area contributed by atoms with Gasteiger partial charge >= 0.3 is 0 Å². The highest BCUT2D eigenvalue weighted by Gasteiger charge is 2.35. The summed E-state index contributed by atoms with van der Waals surface area (Å²) in [5.74, 6) is 0. The first-order chi connectivity index (χ1) is 8.10. The Labute approximate surface area is 104 Å². The Morgan fingerprint density at radius 2 is 2.18 bits per heavy atom. The smallest absolute Gasteiger partial charge is 0.0755 e. The second kappa shape index (κ2) is 4.69. The lowest BCUT2D eigenvalue weighted by atomic mass is 9.88. The van der Waals surface area contributed by atoms with E-state index in [2.05, 4.69) is 42.3 Å². The van der Waals surface area contributed by atoms with Gasteiger partial charge in [0.25, 0.3) is 0 Å². The summed E-state index contributed by atoms with van der Waals surface area (Å²) in [6.07, 6.45) is 6.43. The van der Waals surface area contributed by atoms with Gasteiger partial charge in [0.1, 0.15) is 0 Å². The third-order valence-corrected chi connectivity index (χ3v) is 4.15. The molecule has 2 rings (SSSR count). The Bertz CT molecular complexity index is 367. The maximum absolute atomic E-state index is 4.28. The van der Waals surface area contributed by atoms with Crippen molar-refractivity contribution >= 4 is 5.69 Å². The Hall–Kier alpha value is -1.03. The van der Waals surface area contributed by atoms with E-state index in [1.54, 1.807) is 0 Å². The molecule has 4 heteroatoms. The molecule has 1 aliphatic heterocycles. The standard InChI is InChI=1S/C13H24N4/c1-5-13(6-2)10-17(11(3)7-14-13)12-8-15-16(4)9-12/h8-9,11,14H,5-7,10H2,1-4H3. The number of hydrogen-bond acceptors (Lipinski definition) is 3. The molecule has 2 heterocycles. The monoisotopic (exact) mass is 236 g/mol. The third-order valence-electron chi connectivity index (χ3n) is 4.15. The van der Waals surface area contributed by atoms with Gasteiger partial charge in [0.15, 0.2) is 0 Å². The molecule has 1 unspecified atom stereocenters. The summed E-state index contributed by atoms with van der Waals surface area (Å²) in [5.41, 5.74) is 1.51. The van der Waals surface area contributed by atoms with E-state index in [1.807, 2.05) is 17.9 Å². The number of aryl methyl sites for hydroxylation is 1. The van der Waals surface area contributed by atoms with Gasteiger partial charge in [-0.2, -0.15) is 5.10 Å². The van der Waals surface area contributed by atoms with Crippen LogP contribution in [0.4, 0.5) is 5.69 Å². The van der Waals surface area contributed by atoms with Gasteiger partial charge in [0, 0.05) is 37.9 Å². The number of anilines is 1. The summed E-state index contributed by atoms with van der Waals surface area (Å²) in [4.78, 5) is 2.48. The average molecular weight is 236 g/mol. The van der Waals surface area contributed by atoms with Crippen LogP contribution in [0.2, 0.25) is 0 Å². The first kappa shape index (κ1) is 12.4. The average Bonchev–Trinajstić information content (AvgIpc) is 2.77. The van der Waals surface area contributed by atoms with Gasteiger partial charge in [-0.15, -0.1) is 0 Å². The highest BCUT2D eigenvalue weighted by Crippen LogP contribution is 2.26. The predicted molar refractivity (Wildman–Crippen MR) is 71.3 cm³/mol. The van der Waals surface area contributed by atoms with Crippen molar-refractivity contribution in [3.8, 4) is 0 Å². The van der Waals surface area contributed by atoms with Crippen molar-refractivity contribution in [3.63, 3.8) is 0 Å². The van der Waals surface area contributed by atoms with Crippen molar-refractivity contribution in [2.75, 3.05) is 18.0 Å². The number of piperazine rings is 1. The molecule has 0 amide bonds.